The van der Waals surface area contributed by atoms with Gasteiger partial charge in [-0.3, -0.25) is 4.79 Å². The molecule has 0 spiro atoms. The third-order valence-electron chi connectivity index (χ3n) is 3.12. The van der Waals surface area contributed by atoms with E-state index in [0.717, 1.165) is 35.8 Å². The summed E-state index contributed by atoms with van der Waals surface area (Å²) in [6.45, 7) is 2.06. The lowest BCUT2D eigenvalue weighted by Crippen LogP contribution is -2.10. The molecule has 2 aromatic heterocycles. The third-order valence-corrected chi connectivity index (χ3v) is 3.89. The van der Waals surface area contributed by atoms with E-state index in [1.165, 1.54) is 0 Å². The van der Waals surface area contributed by atoms with Crippen LogP contribution in [0.4, 0.5) is 0 Å². The SMILES string of the molecule is CCCc1nnsc1C(=O)c1ccnn1-c1ccccc1. The van der Waals surface area contributed by atoms with Gasteiger partial charge in [0, 0.05) is 0 Å². The highest BCUT2D eigenvalue weighted by molar-refractivity contribution is 7.08. The van der Waals surface area contributed by atoms with E-state index in [9.17, 15) is 4.79 Å². The van der Waals surface area contributed by atoms with E-state index in [0.29, 0.717) is 10.6 Å². The van der Waals surface area contributed by atoms with Crippen LogP contribution in [0.2, 0.25) is 0 Å². The van der Waals surface area contributed by atoms with Crippen molar-refractivity contribution in [1.82, 2.24) is 19.4 Å². The fourth-order valence-corrected chi connectivity index (χ4v) is 2.80. The Bertz CT molecular complexity index is 748. The first kappa shape index (κ1) is 13.6. The molecule has 0 aliphatic heterocycles. The lowest BCUT2D eigenvalue weighted by atomic mass is 10.1. The molecule has 6 heteroatoms. The van der Waals surface area contributed by atoms with Crippen molar-refractivity contribution in [2.75, 3.05) is 0 Å². The van der Waals surface area contributed by atoms with Gasteiger partial charge in [0.25, 0.3) is 0 Å². The summed E-state index contributed by atoms with van der Waals surface area (Å²) in [6, 6.07) is 11.3. The van der Waals surface area contributed by atoms with Gasteiger partial charge in [0.05, 0.1) is 17.6 Å². The maximum absolute atomic E-state index is 12.7. The minimum Gasteiger partial charge on any atom is -0.286 e. The third kappa shape index (κ3) is 2.62. The summed E-state index contributed by atoms with van der Waals surface area (Å²) in [5.41, 5.74) is 2.17. The summed E-state index contributed by atoms with van der Waals surface area (Å²) >= 11 is 1.15. The van der Waals surface area contributed by atoms with E-state index >= 15 is 0 Å². The van der Waals surface area contributed by atoms with Crippen molar-refractivity contribution >= 4 is 17.3 Å². The molecular formula is C15H14N4OS. The summed E-state index contributed by atoms with van der Waals surface area (Å²) in [7, 11) is 0. The van der Waals surface area contributed by atoms with Gasteiger partial charge in [-0.25, -0.2) is 4.68 Å². The smallest absolute Gasteiger partial charge is 0.224 e. The normalized spacial score (nSPS) is 10.7. The van der Waals surface area contributed by atoms with Crippen molar-refractivity contribution in [2.24, 2.45) is 0 Å². The summed E-state index contributed by atoms with van der Waals surface area (Å²) in [5.74, 6) is -0.0743. The van der Waals surface area contributed by atoms with Gasteiger partial charge in [-0.2, -0.15) is 5.10 Å². The molecule has 0 aliphatic rings. The maximum Gasteiger partial charge on any atom is 0.224 e. The number of para-hydroxylation sites is 1. The van der Waals surface area contributed by atoms with Crippen molar-refractivity contribution in [3.63, 3.8) is 0 Å². The first-order valence-electron chi connectivity index (χ1n) is 6.76. The van der Waals surface area contributed by atoms with Crippen molar-refractivity contribution in [3.05, 3.63) is 58.9 Å². The molecule has 0 amide bonds. The van der Waals surface area contributed by atoms with Gasteiger partial charge in [-0.1, -0.05) is 36.0 Å². The van der Waals surface area contributed by atoms with E-state index < -0.39 is 0 Å². The van der Waals surface area contributed by atoms with Crippen LogP contribution in [0.25, 0.3) is 5.69 Å². The number of aromatic nitrogens is 4. The highest BCUT2D eigenvalue weighted by Gasteiger charge is 2.21. The molecule has 0 saturated heterocycles. The Balaban J connectivity index is 2.00. The number of rotatable bonds is 5. The molecule has 0 saturated carbocycles. The zero-order chi connectivity index (χ0) is 14.7. The van der Waals surface area contributed by atoms with Crippen LogP contribution in [-0.2, 0) is 6.42 Å². The minimum absolute atomic E-state index is 0.0743. The van der Waals surface area contributed by atoms with Crippen molar-refractivity contribution in [2.45, 2.75) is 19.8 Å². The molecule has 0 fully saturated rings. The molecule has 0 aliphatic carbocycles. The van der Waals surface area contributed by atoms with E-state index in [-0.39, 0.29) is 5.78 Å². The summed E-state index contributed by atoms with van der Waals surface area (Å²) in [4.78, 5) is 13.3. The fourth-order valence-electron chi connectivity index (χ4n) is 2.15. The van der Waals surface area contributed by atoms with Crippen LogP contribution in [0.1, 0.15) is 34.4 Å². The van der Waals surface area contributed by atoms with Crippen LogP contribution < -0.4 is 0 Å². The average Bonchev–Trinajstić information content (AvgIpc) is 3.17. The van der Waals surface area contributed by atoms with Crippen LogP contribution in [-0.4, -0.2) is 25.2 Å². The van der Waals surface area contributed by atoms with Crippen molar-refractivity contribution in [1.29, 1.82) is 0 Å². The van der Waals surface area contributed by atoms with Crippen LogP contribution in [0, 0.1) is 0 Å². The van der Waals surface area contributed by atoms with Gasteiger partial charge >= 0.3 is 0 Å². The van der Waals surface area contributed by atoms with Gasteiger partial charge < -0.3 is 0 Å². The largest absolute Gasteiger partial charge is 0.286 e. The second-order valence-electron chi connectivity index (χ2n) is 4.59. The monoisotopic (exact) mass is 298 g/mol. The number of ketones is 1. The Kier molecular flexibility index (Phi) is 3.87. The predicted molar refractivity (Wildman–Crippen MR) is 80.9 cm³/mol. The molecule has 5 nitrogen and oxygen atoms in total. The summed E-state index contributed by atoms with van der Waals surface area (Å²) in [6.07, 6.45) is 3.33. The van der Waals surface area contributed by atoms with E-state index in [1.54, 1.807) is 16.9 Å². The molecule has 106 valence electrons. The Hall–Kier alpha value is -2.34. The highest BCUT2D eigenvalue weighted by Crippen LogP contribution is 2.19. The lowest BCUT2D eigenvalue weighted by molar-refractivity contribution is 0.103. The zero-order valence-electron chi connectivity index (χ0n) is 11.6. The Morgan fingerprint density at radius 2 is 2.05 bits per heavy atom. The maximum atomic E-state index is 12.7. The fraction of sp³-hybridized carbons (Fsp3) is 0.200. The first-order valence-corrected chi connectivity index (χ1v) is 7.54. The molecule has 1 aromatic carbocycles. The second kappa shape index (κ2) is 5.97. The number of carbonyl (C=O) groups excluding carboxylic acids is 1. The van der Waals surface area contributed by atoms with E-state index in [2.05, 4.69) is 21.6 Å². The molecule has 0 radical (unpaired) electrons. The van der Waals surface area contributed by atoms with Gasteiger partial charge in [0.1, 0.15) is 10.6 Å². The summed E-state index contributed by atoms with van der Waals surface area (Å²) < 4.78 is 5.57. The molecule has 21 heavy (non-hydrogen) atoms. The number of carbonyl (C=O) groups is 1. The molecular weight excluding hydrogens is 284 g/mol. The zero-order valence-corrected chi connectivity index (χ0v) is 12.4. The van der Waals surface area contributed by atoms with E-state index in [4.69, 9.17) is 0 Å². The number of benzene rings is 1. The Morgan fingerprint density at radius 3 is 2.81 bits per heavy atom. The standard InChI is InChI=1S/C15H14N4OS/c1-2-6-12-15(21-18-17-12)14(20)13-9-10-16-19(13)11-7-4-3-5-8-11/h3-5,7-10H,2,6H2,1H3. The molecule has 3 rings (SSSR count). The topological polar surface area (TPSA) is 60.7 Å². The minimum atomic E-state index is -0.0743. The average molecular weight is 298 g/mol. The lowest BCUT2D eigenvalue weighted by Gasteiger charge is -2.06. The van der Waals surface area contributed by atoms with Crippen LogP contribution >= 0.6 is 11.5 Å². The molecule has 3 aromatic rings. The van der Waals surface area contributed by atoms with Crippen LogP contribution in [0.3, 0.4) is 0 Å². The van der Waals surface area contributed by atoms with Gasteiger partial charge in [0.2, 0.25) is 5.78 Å². The van der Waals surface area contributed by atoms with Crippen molar-refractivity contribution < 1.29 is 4.79 Å². The molecule has 0 unspecified atom stereocenters. The van der Waals surface area contributed by atoms with Gasteiger partial charge in [-0.15, -0.1) is 5.10 Å². The number of hydrogen-bond donors (Lipinski definition) is 0. The predicted octanol–water partition coefficient (Wildman–Crippen LogP) is 2.91. The van der Waals surface area contributed by atoms with Crippen LogP contribution in [0.5, 0.6) is 0 Å². The number of aryl methyl sites for hydroxylation is 1. The number of hydrogen-bond acceptors (Lipinski definition) is 5. The Labute approximate surface area is 126 Å². The van der Waals surface area contributed by atoms with Gasteiger partial charge in [-0.05, 0) is 36.2 Å². The first-order chi connectivity index (χ1) is 10.3. The van der Waals surface area contributed by atoms with E-state index in [1.807, 2.05) is 30.3 Å². The second-order valence-corrected chi connectivity index (χ2v) is 5.35. The van der Waals surface area contributed by atoms with Gasteiger partial charge in [0.15, 0.2) is 0 Å². The Morgan fingerprint density at radius 1 is 1.24 bits per heavy atom. The summed E-state index contributed by atoms with van der Waals surface area (Å²) in [5, 5.41) is 8.31. The van der Waals surface area contributed by atoms with Crippen LogP contribution in [0.15, 0.2) is 42.6 Å². The molecule has 0 bridgehead atoms. The quantitative estimate of drug-likeness (QED) is 0.680. The molecule has 0 N–H and O–H groups in total. The molecule has 2 heterocycles. The van der Waals surface area contributed by atoms with Crippen molar-refractivity contribution in [3.8, 4) is 5.69 Å². The number of nitrogens with zero attached hydrogens (tertiary/aromatic N) is 4. The highest BCUT2D eigenvalue weighted by atomic mass is 32.1. The molecule has 0 atom stereocenters.